The molecule has 1 atom stereocenters. The van der Waals surface area contributed by atoms with Gasteiger partial charge in [0.05, 0.1) is 47.0 Å². The monoisotopic (exact) mass is 607 g/mol. The fourth-order valence-electron chi connectivity index (χ4n) is 5.21. The summed E-state index contributed by atoms with van der Waals surface area (Å²) in [6.07, 6.45) is 2.93. The Labute approximate surface area is 251 Å². The lowest BCUT2D eigenvalue weighted by Gasteiger charge is -2.34. The van der Waals surface area contributed by atoms with E-state index in [1.807, 2.05) is 13.8 Å². The lowest BCUT2D eigenvalue weighted by atomic mass is 9.97. The third-order valence-electron chi connectivity index (χ3n) is 7.37. The number of nitro groups is 1. The van der Waals surface area contributed by atoms with Crippen LogP contribution in [0.1, 0.15) is 31.0 Å². The molecule has 0 amide bonds. The molecule has 1 saturated heterocycles. The predicted molar refractivity (Wildman–Crippen MR) is 163 cm³/mol. The summed E-state index contributed by atoms with van der Waals surface area (Å²) in [6.45, 7) is 7.88. The summed E-state index contributed by atoms with van der Waals surface area (Å²) in [4.78, 5) is 47.5. The third-order valence-corrected chi connectivity index (χ3v) is 8.37. The number of ether oxygens (including phenoxy) is 3. The first-order valence-electron chi connectivity index (χ1n) is 14.0. The highest BCUT2D eigenvalue weighted by molar-refractivity contribution is 7.07. The third kappa shape index (κ3) is 6.04. The SMILES string of the molecule is CCOc1ccc([C@H]2C(C(=O)OC)=CN=c3s/c(=C\c4cc(N5CCN(C)CC5)ccc4[N+](=O)[O-])c(=O)n32)cc1OCC. The molecular formula is C30H33N5O7S. The van der Waals surface area contributed by atoms with E-state index < -0.39 is 22.5 Å². The molecule has 3 aromatic rings. The molecule has 0 spiro atoms. The number of hydrogen-bond acceptors (Lipinski definition) is 11. The number of thiazole rings is 1. The Bertz CT molecular complexity index is 1750. The molecule has 5 rings (SSSR count). The van der Waals surface area contributed by atoms with Gasteiger partial charge in [0.15, 0.2) is 16.3 Å². The van der Waals surface area contributed by atoms with Crippen LogP contribution in [0.15, 0.2) is 58.0 Å². The van der Waals surface area contributed by atoms with Gasteiger partial charge in [-0.15, -0.1) is 0 Å². The second kappa shape index (κ2) is 12.8. The van der Waals surface area contributed by atoms with Crippen LogP contribution < -0.4 is 29.3 Å². The van der Waals surface area contributed by atoms with Crippen LogP contribution in [0.4, 0.5) is 11.4 Å². The normalized spacial score (nSPS) is 17.1. The number of carbonyl (C=O) groups excluding carboxylic acids is 1. The number of piperazine rings is 1. The highest BCUT2D eigenvalue weighted by Gasteiger charge is 2.31. The van der Waals surface area contributed by atoms with Crippen LogP contribution in [-0.4, -0.2) is 73.9 Å². The van der Waals surface area contributed by atoms with Gasteiger partial charge in [-0.3, -0.25) is 19.5 Å². The van der Waals surface area contributed by atoms with Crippen LogP contribution >= 0.6 is 11.3 Å². The van der Waals surface area contributed by atoms with Crippen LogP contribution in [0, 0.1) is 10.1 Å². The molecule has 1 aromatic heterocycles. The maximum Gasteiger partial charge on any atom is 0.337 e. The number of carbonyl (C=O) groups is 1. The molecule has 2 aromatic carbocycles. The van der Waals surface area contributed by atoms with E-state index in [1.165, 1.54) is 30.0 Å². The molecule has 1 fully saturated rings. The first-order chi connectivity index (χ1) is 20.7. The summed E-state index contributed by atoms with van der Waals surface area (Å²) in [5.41, 5.74) is 1.37. The average Bonchev–Trinajstić information content (AvgIpc) is 3.32. The molecule has 0 radical (unpaired) electrons. The van der Waals surface area contributed by atoms with Crippen molar-refractivity contribution in [2.75, 3.05) is 58.5 Å². The van der Waals surface area contributed by atoms with Crippen LogP contribution in [0.5, 0.6) is 11.5 Å². The number of anilines is 1. The van der Waals surface area contributed by atoms with Crippen molar-refractivity contribution in [1.29, 1.82) is 0 Å². The van der Waals surface area contributed by atoms with Gasteiger partial charge >= 0.3 is 5.97 Å². The molecule has 0 aliphatic carbocycles. The Morgan fingerprint density at radius 3 is 2.49 bits per heavy atom. The standard InChI is InChI=1S/C30H33N5O7S/c1-5-41-24-10-7-19(16-25(24)42-6-2)27-22(29(37)40-4)18-31-30-34(27)28(36)26(43-30)17-20-15-21(8-9-23(20)35(38)39)33-13-11-32(3)12-14-33/h7-10,15-18,27H,5-6,11-14H2,1-4H3/b26-17-/t27-/m0/s1. The Kier molecular flexibility index (Phi) is 8.92. The molecule has 0 bridgehead atoms. The molecule has 3 heterocycles. The fraction of sp³-hybridized carbons (Fsp3) is 0.367. The predicted octanol–water partition coefficient (Wildman–Crippen LogP) is 2.48. The fourth-order valence-corrected chi connectivity index (χ4v) is 6.17. The number of methoxy groups -OCH3 is 1. The Morgan fingerprint density at radius 1 is 1.09 bits per heavy atom. The van der Waals surface area contributed by atoms with E-state index in [9.17, 15) is 19.7 Å². The van der Waals surface area contributed by atoms with Gasteiger partial charge in [0.2, 0.25) is 0 Å². The van der Waals surface area contributed by atoms with Gasteiger partial charge in [-0.25, -0.2) is 9.79 Å². The number of fused-ring (bicyclic) bond motifs is 1. The van der Waals surface area contributed by atoms with Crippen LogP contribution in [0.2, 0.25) is 0 Å². The highest BCUT2D eigenvalue weighted by Crippen LogP contribution is 2.35. The minimum atomic E-state index is -0.868. The number of nitrogens with zero attached hydrogens (tertiary/aromatic N) is 5. The highest BCUT2D eigenvalue weighted by atomic mass is 32.1. The number of aromatic nitrogens is 1. The molecule has 2 aliphatic rings. The Balaban J connectivity index is 1.65. The van der Waals surface area contributed by atoms with Gasteiger partial charge in [0.25, 0.3) is 11.2 Å². The summed E-state index contributed by atoms with van der Waals surface area (Å²) in [7, 11) is 3.32. The van der Waals surface area contributed by atoms with E-state index in [2.05, 4.69) is 21.8 Å². The smallest absolute Gasteiger partial charge is 0.337 e. The number of benzene rings is 2. The maximum atomic E-state index is 14.0. The van der Waals surface area contributed by atoms with Crippen molar-refractivity contribution in [1.82, 2.24) is 9.47 Å². The Hall–Kier alpha value is -4.49. The van der Waals surface area contributed by atoms with E-state index in [0.29, 0.717) is 40.6 Å². The van der Waals surface area contributed by atoms with E-state index in [1.54, 1.807) is 30.3 Å². The Morgan fingerprint density at radius 2 is 1.81 bits per heavy atom. The number of nitro benzene ring substituents is 1. The number of likely N-dealkylation sites (N-methyl/N-ethyl adjacent to an activating group) is 1. The van der Waals surface area contributed by atoms with Crippen molar-refractivity contribution in [3.05, 3.63) is 89.1 Å². The minimum absolute atomic E-state index is 0.108. The van der Waals surface area contributed by atoms with Gasteiger partial charge in [-0.1, -0.05) is 17.4 Å². The molecule has 0 unspecified atom stereocenters. The van der Waals surface area contributed by atoms with Gasteiger partial charge < -0.3 is 24.0 Å². The molecule has 43 heavy (non-hydrogen) atoms. The van der Waals surface area contributed by atoms with E-state index in [4.69, 9.17) is 14.2 Å². The molecule has 0 N–H and O–H groups in total. The molecule has 12 nitrogen and oxygen atoms in total. The summed E-state index contributed by atoms with van der Waals surface area (Å²) in [5, 5.41) is 12.0. The zero-order chi connectivity index (χ0) is 30.7. The van der Waals surface area contributed by atoms with Crippen LogP contribution in [-0.2, 0) is 9.53 Å². The minimum Gasteiger partial charge on any atom is -0.490 e. The van der Waals surface area contributed by atoms with Crippen LogP contribution in [0.3, 0.4) is 0 Å². The van der Waals surface area contributed by atoms with Gasteiger partial charge in [-0.2, -0.15) is 0 Å². The van der Waals surface area contributed by atoms with Crippen molar-refractivity contribution < 1.29 is 23.9 Å². The number of rotatable bonds is 9. The number of esters is 1. The summed E-state index contributed by atoms with van der Waals surface area (Å²) >= 11 is 1.10. The largest absolute Gasteiger partial charge is 0.490 e. The first kappa shape index (κ1) is 30.0. The topological polar surface area (TPSA) is 129 Å². The van der Waals surface area contributed by atoms with Crippen molar-refractivity contribution in [3.8, 4) is 11.5 Å². The molecular weight excluding hydrogens is 574 g/mol. The first-order valence-corrected chi connectivity index (χ1v) is 14.8. The summed E-state index contributed by atoms with van der Waals surface area (Å²) in [5.74, 6) is 0.378. The second-order valence-corrected chi connectivity index (χ2v) is 11.0. The quantitative estimate of drug-likeness (QED) is 0.205. The van der Waals surface area contributed by atoms with Crippen LogP contribution in [0.25, 0.3) is 6.08 Å². The molecule has 226 valence electrons. The average molecular weight is 608 g/mol. The van der Waals surface area contributed by atoms with Crippen molar-refractivity contribution in [2.45, 2.75) is 19.9 Å². The van der Waals surface area contributed by atoms with E-state index >= 15 is 0 Å². The lowest BCUT2D eigenvalue weighted by molar-refractivity contribution is -0.385. The van der Waals surface area contributed by atoms with Crippen molar-refractivity contribution in [2.24, 2.45) is 4.99 Å². The summed E-state index contributed by atoms with van der Waals surface area (Å²) in [6, 6.07) is 9.34. The molecule has 13 heteroatoms. The number of hydrogen-bond donors (Lipinski definition) is 0. The lowest BCUT2D eigenvalue weighted by Crippen LogP contribution is -2.44. The zero-order valence-corrected chi connectivity index (χ0v) is 25.3. The van der Waals surface area contributed by atoms with E-state index in [-0.39, 0.29) is 15.8 Å². The van der Waals surface area contributed by atoms with Gasteiger partial charge in [0.1, 0.15) is 0 Å². The molecule has 0 saturated carbocycles. The van der Waals surface area contributed by atoms with Gasteiger partial charge in [0, 0.05) is 44.1 Å². The summed E-state index contributed by atoms with van der Waals surface area (Å²) < 4.78 is 18.2. The van der Waals surface area contributed by atoms with Crippen molar-refractivity contribution >= 4 is 34.8 Å². The molecule has 2 aliphatic heterocycles. The maximum absolute atomic E-state index is 14.0. The van der Waals surface area contributed by atoms with Gasteiger partial charge in [-0.05, 0) is 56.8 Å². The second-order valence-electron chi connectivity index (χ2n) is 10.0. The van der Waals surface area contributed by atoms with E-state index in [0.717, 1.165) is 43.2 Å². The van der Waals surface area contributed by atoms with Crippen molar-refractivity contribution in [3.63, 3.8) is 0 Å². The zero-order valence-electron chi connectivity index (χ0n) is 24.4.